The Labute approximate surface area is 88.9 Å². The van der Waals surface area contributed by atoms with Crippen LogP contribution < -0.4 is 0 Å². The summed E-state index contributed by atoms with van der Waals surface area (Å²) < 4.78 is 18.8. The van der Waals surface area contributed by atoms with Gasteiger partial charge in [-0.25, -0.2) is 9.37 Å². The molecule has 4 heteroatoms. The Balaban J connectivity index is 2.57. The summed E-state index contributed by atoms with van der Waals surface area (Å²) >= 11 is 3.15. The summed E-state index contributed by atoms with van der Waals surface area (Å²) in [4.78, 5) is 4.02. The van der Waals surface area contributed by atoms with Crippen LogP contribution in [0.2, 0.25) is 0 Å². The van der Waals surface area contributed by atoms with E-state index in [2.05, 4.69) is 20.9 Å². The van der Waals surface area contributed by atoms with Crippen LogP contribution in [-0.4, -0.2) is 4.98 Å². The van der Waals surface area contributed by atoms with Gasteiger partial charge in [0.15, 0.2) is 0 Å². The molecule has 0 atom stereocenters. The molecular weight excluding hydrogens is 249 g/mol. The summed E-state index contributed by atoms with van der Waals surface area (Å²) in [5, 5.41) is 0. The standard InChI is InChI=1S/C10H7BrFNO/c1-6-5-13-10(14-6)7-3-2-4-8(12)9(7)11/h2-5H,1H3. The minimum Gasteiger partial charge on any atom is -0.441 e. The van der Waals surface area contributed by atoms with Gasteiger partial charge in [-0.05, 0) is 35.0 Å². The topological polar surface area (TPSA) is 26.0 Å². The molecule has 0 fully saturated rings. The summed E-state index contributed by atoms with van der Waals surface area (Å²) in [6.45, 7) is 1.80. The van der Waals surface area contributed by atoms with Crippen LogP contribution in [0.1, 0.15) is 5.76 Å². The van der Waals surface area contributed by atoms with Gasteiger partial charge in [0, 0.05) is 0 Å². The number of hydrogen-bond acceptors (Lipinski definition) is 2. The third-order valence-corrected chi connectivity index (χ3v) is 2.61. The molecule has 0 aliphatic heterocycles. The predicted molar refractivity (Wildman–Crippen MR) is 54.3 cm³/mol. The Hall–Kier alpha value is -1.16. The average molecular weight is 256 g/mol. The number of hydrogen-bond donors (Lipinski definition) is 0. The van der Waals surface area contributed by atoms with Crippen molar-refractivity contribution >= 4 is 15.9 Å². The molecule has 0 radical (unpaired) electrons. The van der Waals surface area contributed by atoms with Crippen molar-refractivity contribution in [2.24, 2.45) is 0 Å². The van der Waals surface area contributed by atoms with Gasteiger partial charge in [0.25, 0.3) is 0 Å². The molecule has 0 aliphatic carbocycles. The first kappa shape index (κ1) is 9.40. The van der Waals surface area contributed by atoms with Crippen LogP contribution in [0.25, 0.3) is 11.5 Å². The molecule has 0 saturated carbocycles. The maximum atomic E-state index is 13.2. The molecule has 1 aromatic heterocycles. The van der Waals surface area contributed by atoms with Crippen molar-refractivity contribution in [3.8, 4) is 11.5 Å². The zero-order chi connectivity index (χ0) is 10.1. The quantitative estimate of drug-likeness (QED) is 0.779. The van der Waals surface area contributed by atoms with Crippen molar-refractivity contribution < 1.29 is 8.81 Å². The molecule has 2 rings (SSSR count). The first-order chi connectivity index (χ1) is 6.68. The van der Waals surface area contributed by atoms with Crippen LogP contribution in [0.4, 0.5) is 4.39 Å². The molecule has 72 valence electrons. The molecule has 0 aliphatic rings. The third-order valence-electron chi connectivity index (χ3n) is 1.80. The first-order valence-electron chi connectivity index (χ1n) is 4.05. The molecule has 0 spiro atoms. The number of aromatic nitrogens is 1. The SMILES string of the molecule is Cc1cnc(-c2cccc(F)c2Br)o1. The van der Waals surface area contributed by atoms with Crippen LogP contribution in [0.5, 0.6) is 0 Å². The number of nitrogens with zero attached hydrogens (tertiary/aromatic N) is 1. The number of oxazole rings is 1. The Kier molecular flexibility index (Phi) is 2.37. The number of aryl methyl sites for hydroxylation is 1. The highest BCUT2D eigenvalue weighted by molar-refractivity contribution is 9.10. The second-order valence-electron chi connectivity index (χ2n) is 2.88. The monoisotopic (exact) mass is 255 g/mol. The van der Waals surface area contributed by atoms with Gasteiger partial charge in [-0.15, -0.1) is 0 Å². The summed E-state index contributed by atoms with van der Waals surface area (Å²) in [6.07, 6.45) is 1.60. The molecule has 14 heavy (non-hydrogen) atoms. The van der Waals surface area contributed by atoms with Crippen molar-refractivity contribution in [2.75, 3.05) is 0 Å². The van der Waals surface area contributed by atoms with Crippen molar-refractivity contribution in [1.29, 1.82) is 0 Å². The van der Waals surface area contributed by atoms with Gasteiger partial charge in [0.1, 0.15) is 11.6 Å². The van der Waals surface area contributed by atoms with Gasteiger partial charge in [0.05, 0.1) is 16.2 Å². The lowest BCUT2D eigenvalue weighted by Gasteiger charge is -1.99. The highest BCUT2D eigenvalue weighted by atomic mass is 79.9. The lowest BCUT2D eigenvalue weighted by Crippen LogP contribution is -1.83. The molecule has 0 amide bonds. The van der Waals surface area contributed by atoms with E-state index in [-0.39, 0.29) is 5.82 Å². The zero-order valence-corrected chi connectivity index (χ0v) is 9.01. The molecule has 2 nitrogen and oxygen atoms in total. The maximum absolute atomic E-state index is 13.2. The van der Waals surface area contributed by atoms with Gasteiger partial charge < -0.3 is 4.42 Å². The second-order valence-corrected chi connectivity index (χ2v) is 3.67. The van der Waals surface area contributed by atoms with Gasteiger partial charge >= 0.3 is 0 Å². The van der Waals surface area contributed by atoms with Gasteiger partial charge in [0.2, 0.25) is 5.89 Å². The largest absolute Gasteiger partial charge is 0.441 e. The second kappa shape index (κ2) is 3.53. The molecule has 0 saturated heterocycles. The fourth-order valence-electron chi connectivity index (χ4n) is 1.15. The minimum absolute atomic E-state index is 0.321. The molecule has 2 aromatic rings. The van der Waals surface area contributed by atoms with E-state index in [0.717, 1.165) is 0 Å². The third kappa shape index (κ3) is 1.57. The van der Waals surface area contributed by atoms with E-state index in [9.17, 15) is 4.39 Å². The van der Waals surface area contributed by atoms with Crippen LogP contribution in [-0.2, 0) is 0 Å². The molecular formula is C10H7BrFNO. The lowest BCUT2D eigenvalue weighted by atomic mass is 10.2. The fourth-order valence-corrected chi connectivity index (χ4v) is 1.58. The van der Waals surface area contributed by atoms with Gasteiger partial charge in [-0.1, -0.05) is 6.07 Å². The maximum Gasteiger partial charge on any atom is 0.227 e. The van der Waals surface area contributed by atoms with E-state index in [1.807, 2.05) is 0 Å². The van der Waals surface area contributed by atoms with Crippen LogP contribution in [0.3, 0.4) is 0 Å². The van der Waals surface area contributed by atoms with E-state index in [1.165, 1.54) is 6.07 Å². The molecule has 0 unspecified atom stereocenters. The molecule has 1 aromatic carbocycles. The van der Waals surface area contributed by atoms with E-state index in [0.29, 0.717) is 21.7 Å². The fraction of sp³-hybridized carbons (Fsp3) is 0.100. The normalized spacial score (nSPS) is 10.5. The average Bonchev–Trinajstić information content (AvgIpc) is 2.57. The predicted octanol–water partition coefficient (Wildman–Crippen LogP) is 3.55. The van der Waals surface area contributed by atoms with E-state index >= 15 is 0 Å². The molecule has 0 N–H and O–H groups in total. The highest BCUT2D eigenvalue weighted by Crippen LogP contribution is 2.29. The Bertz CT molecular complexity index is 467. The Morgan fingerprint density at radius 1 is 1.43 bits per heavy atom. The summed E-state index contributed by atoms with van der Waals surface area (Å²) in [6, 6.07) is 4.75. The number of benzene rings is 1. The first-order valence-corrected chi connectivity index (χ1v) is 4.84. The summed E-state index contributed by atoms with van der Waals surface area (Å²) in [5.41, 5.74) is 0.623. The lowest BCUT2D eigenvalue weighted by molar-refractivity contribution is 0.540. The molecule has 0 bridgehead atoms. The van der Waals surface area contributed by atoms with Crippen LogP contribution in [0, 0.1) is 12.7 Å². The van der Waals surface area contributed by atoms with E-state index in [1.54, 1.807) is 25.3 Å². The van der Waals surface area contributed by atoms with E-state index in [4.69, 9.17) is 4.42 Å². The zero-order valence-electron chi connectivity index (χ0n) is 7.42. The highest BCUT2D eigenvalue weighted by Gasteiger charge is 2.11. The number of halogens is 2. The van der Waals surface area contributed by atoms with Gasteiger partial charge in [-0.2, -0.15) is 0 Å². The smallest absolute Gasteiger partial charge is 0.227 e. The van der Waals surface area contributed by atoms with Crippen molar-refractivity contribution in [3.05, 3.63) is 40.4 Å². The van der Waals surface area contributed by atoms with Gasteiger partial charge in [-0.3, -0.25) is 0 Å². The summed E-state index contributed by atoms with van der Waals surface area (Å²) in [7, 11) is 0. The molecule has 1 heterocycles. The van der Waals surface area contributed by atoms with Crippen molar-refractivity contribution in [1.82, 2.24) is 4.98 Å². The van der Waals surface area contributed by atoms with Crippen molar-refractivity contribution in [2.45, 2.75) is 6.92 Å². The minimum atomic E-state index is -0.321. The van der Waals surface area contributed by atoms with Crippen molar-refractivity contribution in [3.63, 3.8) is 0 Å². The number of rotatable bonds is 1. The van der Waals surface area contributed by atoms with Crippen LogP contribution in [0.15, 0.2) is 33.3 Å². The Morgan fingerprint density at radius 2 is 2.21 bits per heavy atom. The van der Waals surface area contributed by atoms with Crippen LogP contribution >= 0.6 is 15.9 Å². The van der Waals surface area contributed by atoms with E-state index < -0.39 is 0 Å². The Morgan fingerprint density at radius 3 is 2.86 bits per heavy atom. The summed E-state index contributed by atoms with van der Waals surface area (Å²) in [5.74, 6) is 0.809.